The van der Waals surface area contributed by atoms with Crippen molar-refractivity contribution >= 4 is 29.7 Å². The zero-order valence-corrected chi connectivity index (χ0v) is 9.63. The molecule has 0 aromatic carbocycles. The van der Waals surface area contributed by atoms with Gasteiger partial charge in [-0.15, -0.1) is 24.0 Å². The summed E-state index contributed by atoms with van der Waals surface area (Å²) in [6.45, 7) is 0. The number of alkyl halides is 1. The molecule has 15 heavy (non-hydrogen) atoms. The van der Waals surface area contributed by atoms with Gasteiger partial charge < -0.3 is 0 Å². The number of nitrogens with zero attached hydrogens (tertiary/aromatic N) is 3. The second-order valence-electron chi connectivity index (χ2n) is 3.70. The first-order valence-corrected chi connectivity index (χ1v) is 5.31. The van der Waals surface area contributed by atoms with Crippen LogP contribution in [0.4, 0.5) is 0 Å². The molecule has 1 aliphatic rings. The second-order valence-corrected chi connectivity index (χ2v) is 3.97. The van der Waals surface area contributed by atoms with Gasteiger partial charge in [-0.1, -0.05) is 0 Å². The maximum atomic E-state index is 5.71. The third-order valence-corrected chi connectivity index (χ3v) is 2.80. The lowest BCUT2D eigenvalue weighted by Crippen LogP contribution is -1.94. The van der Waals surface area contributed by atoms with Crippen molar-refractivity contribution in [1.82, 2.24) is 14.6 Å². The van der Waals surface area contributed by atoms with Crippen LogP contribution in [0.25, 0.3) is 5.65 Å². The number of halogens is 2. The van der Waals surface area contributed by atoms with Gasteiger partial charge in [0.1, 0.15) is 0 Å². The Kier molecular flexibility index (Phi) is 2.85. The van der Waals surface area contributed by atoms with Crippen molar-refractivity contribution in [3.05, 3.63) is 29.7 Å². The van der Waals surface area contributed by atoms with Gasteiger partial charge in [-0.3, -0.25) is 0 Å². The van der Waals surface area contributed by atoms with Gasteiger partial charge in [-0.05, 0) is 25.0 Å². The molecule has 2 aromatic heterocycles. The summed E-state index contributed by atoms with van der Waals surface area (Å²) in [4.78, 5) is 4.32. The van der Waals surface area contributed by atoms with E-state index >= 15 is 0 Å². The van der Waals surface area contributed by atoms with Crippen LogP contribution in [0.2, 0.25) is 0 Å². The van der Waals surface area contributed by atoms with Crippen molar-refractivity contribution in [2.45, 2.75) is 24.6 Å². The third kappa shape index (κ3) is 1.94. The van der Waals surface area contributed by atoms with E-state index in [1.807, 2.05) is 16.8 Å². The number of imidazole rings is 1. The largest absolute Gasteiger partial charge is 0.231 e. The first-order chi connectivity index (χ1) is 6.86. The Bertz CT molecular complexity index is 476. The first-order valence-electron chi connectivity index (χ1n) is 4.78. The number of aromatic nitrogens is 3. The van der Waals surface area contributed by atoms with Crippen LogP contribution in [0.3, 0.4) is 0 Å². The van der Waals surface area contributed by atoms with E-state index in [4.69, 9.17) is 11.6 Å². The summed E-state index contributed by atoms with van der Waals surface area (Å²) in [5, 5.41) is 4.50. The molecule has 0 amide bonds. The highest BCUT2D eigenvalue weighted by molar-refractivity contribution is 6.16. The molecule has 0 N–H and O–H groups in total. The fourth-order valence-electron chi connectivity index (χ4n) is 1.61. The van der Waals surface area contributed by atoms with Crippen LogP contribution >= 0.6 is 24.0 Å². The van der Waals surface area contributed by atoms with Crippen molar-refractivity contribution in [3.63, 3.8) is 0 Å². The average molecular weight is 244 g/mol. The van der Waals surface area contributed by atoms with Gasteiger partial charge >= 0.3 is 0 Å². The lowest BCUT2D eigenvalue weighted by molar-refractivity contribution is 0.854. The number of rotatable bonds is 2. The highest BCUT2D eigenvalue weighted by Crippen LogP contribution is 2.38. The molecule has 1 saturated carbocycles. The number of fused-ring (bicyclic) bond motifs is 1. The van der Waals surface area contributed by atoms with E-state index in [0.717, 1.165) is 11.3 Å². The van der Waals surface area contributed by atoms with Gasteiger partial charge in [0.15, 0.2) is 5.65 Å². The monoisotopic (exact) mass is 243 g/mol. The Balaban J connectivity index is 0.000000853. The Morgan fingerprint density at radius 2 is 2.20 bits per heavy atom. The minimum Gasteiger partial charge on any atom is -0.231 e. The smallest absolute Gasteiger partial charge is 0.153 e. The molecule has 2 aromatic rings. The minimum atomic E-state index is 0. The van der Waals surface area contributed by atoms with Crippen molar-refractivity contribution in [3.8, 4) is 0 Å². The van der Waals surface area contributed by atoms with E-state index < -0.39 is 0 Å². The maximum Gasteiger partial charge on any atom is 0.153 e. The van der Waals surface area contributed by atoms with Crippen molar-refractivity contribution in [2.75, 3.05) is 0 Å². The zero-order chi connectivity index (χ0) is 9.54. The molecule has 2 heterocycles. The van der Waals surface area contributed by atoms with E-state index in [-0.39, 0.29) is 12.4 Å². The molecule has 0 aliphatic heterocycles. The summed E-state index contributed by atoms with van der Waals surface area (Å²) >= 11 is 5.71. The highest BCUT2D eigenvalue weighted by atomic mass is 35.5. The molecule has 0 bridgehead atoms. The van der Waals surface area contributed by atoms with Crippen molar-refractivity contribution in [1.29, 1.82) is 0 Å². The van der Waals surface area contributed by atoms with Crippen LogP contribution in [-0.2, 0) is 5.88 Å². The molecular formula is C10H11Cl2N3. The van der Waals surface area contributed by atoms with E-state index in [0.29, 0.717) is 11.8 Å². The van der Waals surface area contributed by atoms with E-state index in [2.05, 4.69) is 16.1 Å². The summed E-state index contributed by atoms with van der Waals surface area (Å²) in [7, 11) is 0. The van der Waals surface area contributed by atoms with E-state index in [1.54, 1.807) is 0 Å². The maximum absolute atomic E-state index is 5.71. The standard InChI is InChI=1S/C10H10ClN3.ClH/c11-5-8-6-14-10(12-8)4-3-9(13-14)7-1-2-7;/h3-4,6-7H,1-2,5H2;1H. The Labute approximate surface area is 98.9 Å². The van der Waals surface area contributed by atoms with Crippen molar-refractivity contribution in [2.24, 2.45) is 0 Å². The summed E-state index contributed by atoms with van der Waals surface area (Å²) in [6.07, 6.45) is 4.44. The molecule has 3 rings (SSSR count). The topological polar surface area (TPSA) is 30.2 Å². The molecule has 0 spiro atoms. The molecule has 5 heteroatoms. The van der Waals surface area contributed by atoms with Crippen LogP contribution in [-0.4, -0.2) is 14.6 Å². The second kappa shape index (κ2) is 3.99. The van der Waals surface area contributed by atoms with Gasteiger partial charge in [-0.25, -0.2) is 9.50 Å². The Morgan fingerprint density at radius 3 is 2.87 bits per heavy atom. The third-order valence-electron chi connectivity index (χ3n) is 2.52. The SMILES string of the molecule is Cl.ClCc1cn2nc(C3CC3)ccc2n1. The predicted octanol–water partition coefficient (Wildman–Crippen LogP) is 2.77. The van der Waals surface area contributed by atoms with E-state index in [9.17, 15) is 0 Å². The van der Waals surface area contributed by atoms with Gasteiger partial charge in [0.25, 0.3) is 0 Å². The molecule has 80 valence electrons. The quantitative estimate of drug-likeness (QED) is 0.760. The molecular weight excluding hydrogens is 233 g/mol. The number of hydrogen-bond donors (Lipinski definition) is 0. The van der Waals surface area contributed by atoms with Gasteiger partial charge in [0.05, 0.1) is 23.5 Å². The summed E-state index contributed by atoms with van der Waals surface area (Å²) in [5.41, 5.74) is 2.94. The van der Waals surface area contributed by atoms with Crippen LogP contribution < -0.4 is 0 Å². The highest BCUT2D eigenvalue weighted by Gasteiger charge is 2.25. The van der Waals surface area contributed by atoms with Gasteiger partial charge in [0, 0.05) is 5.92 Å². The first kappa shape index (κ1) is 10.7. The van der Waals surface area contributed by atoms with Crippen molar-refractivity contribution < 1.29 is 0 Å². The molecule has 0 saturated heterocycles. The molecule has 0 unspecified atom stereocenters. The fourth-order valence-corrected chi connectivity index (χ4v) is 1.74. The normalized spacial score (nSPS) is 15.3. The molecule has 0 radical (unpaired) electrons. The predicted molar refractivity (Wildman–Crippen MR) is 61.8 cm³/mol. The molecule has 3 nitrogen and oxygen atoms in total. The number of hydrogen-bond acceptors (Lipinski definition) is 2. The fraction of sp³-hybridized carbons (Fsp3) is 0.400. The molecule has 1 fully saturated rings. The van der Waals surface area contributed by atoms with Gasteiger partial charge in [-0.2, -0.15) is 5.10 Å². The minimum absolute atomic E-state index is 0. The summed E-state index contributed by atoms with van der Waals surface area (Å²) < 4.78 is 1.82. The van der Waals surface area contributed by atoms with E-state index in [1.165, 1.54) is 18.5 Å². The van der Waals surface area contributed by atoms with Crippen LogP contribution in [0.1, 0.15) is 30.1 Å². The van der Waals surface area contributed by atoms with Crippen LogP contribution in [0.15, 0.2) is 18.3 Å². The average Bonchev–Trinajstić information content (AvgIpc) is 2.97. The summed E-state index contributed by atoms with van der Waals surface area (Å²) in [6, 6.07) is 4.08. The molecule has 1 aliphatic carbocycles. The lowest BCUT2D eigenvalue weighted by Gasteiger charge is -1.96. The zero-order valence-electron chi connectivity index (χ0n) is 8.06. The lowest BCUT2D eigenvalue weighted by atomic mass is 10.3. The molecule has 0 atom stereocenters. The summed E-state index contributed by atoms with van der Waals surface area (Å²) in [5.74, 6) is 1.13. The van der Waals surface area contributed by atoms with Gasteiger partial charge in [0.2, 0.25) is 0 Å². The van der Waals surface area contributed by atoms with Crippen LogP contribution in [0.5, 0.6) is 0 Å². The Morgan fingerprint density at radius 1 is 1.40 bits per heavy atom. The Hall–Kier alpha value is -0.800. The van der Waals surface area contributed by atoms with Crippen LogP contribution in [0, 0.1) is 0 Å².